The largest absolute Gasteiger partial charge is 0.390 e. The minimum Gasteiger partial charge on any atom is -0.390 e. The summed E-state index contributed by atoms with van der Waals surface area (Å²) >= 11 is 0. The van der Waals surface area contributed by atoms with Crippen molar-refractivity contribution in [2.45, 2.75) is 76.2 Å². The molecule has 0 amide bonds. The molecule has 0 radical (unpaired) electrons. The summed E-state index contributed by atoms with van der Waals surface area (Å²) in [5.74, 6) is -3.65. The number of carbonyl (C=O) groups is 3. The molecule has 0 bridgehead atoms. The summed E-state index contributed by atoms with van der Waals surface area (Å²) in [7, 11) is 0. The van der Waals surface area contributed by atoms with E-state index in [0.717, 1.165) is 27.7 Å². The first-order chi connectivity index (χ1) is 10.4. The molecule has 0 aliphatic carbocycles. The molecule has 0 aliphatic heterocycles. The summed E-state index contributed by atoms with van der Waals surface area (Å²) in [4.78, 5) is 35.4. The highest BCUT2D eigenvalue weighted by atomic mass is 16.4. The Kier molecular flexibility index (Phi) is 6.25. The average molecular weight is 350 g/mol. The van der Waals surface area contributed by atoms with Crippen LogP contribution < -0.4 is 0 Å². The molecule has 0 saturated carbocycles. The van der Waals surface area contributed by atoms with Gasteiger partial charge in [0.15, 0.2) is 28.6 Å². The summed E-state index contributed by atoms with van der Waals surface area (Å²) in [6, 6.07) is 0. The number of ketones is 3. The molecule has 6 unspecified atom stereocenters. The van der Waals surface area contributed by atoms with E-state index in [4.69, 9.17) is 0 Å². The third-order valence-electron chi connectivity index (χ3n) is 4.81. The Hall–Kier alpha value is -1.23. The Balaban J connectivity index is 6.79. The van der Waals surface area contributed by atoms with Gasteiger partial charge in [-0.15, -0.1) is 0 Å². The number of hydrogen-bond donors (Lipinski definition) is 6. The summed E-state index contributed by atoms with van der Waals surface area (Å²) in [5.41, 5.74) is -12.6. The van der Waals surface area contributed by atoms with Crippen LogP contribution in [0.25, 0.3) is 0 Å². The zero-order valence-electron chi connectivity index (χ0n) is 14.6. The van der Waals surface area contributed by atoms with Gasteiger partial charge in [0, 0.05) is 0 Å². The van der Waals surface area contributed by atoms with Crippen LogP contribution in [0.2, 0.25) is 0 Å². The SMILES string of the molecule is CC(=O)C(O)C(C)(O)C(C)(O)C(O)(C(C)=O)C(O)(C(C)=O)C(C)O. The molecule has 0 saturated heterocycles. The average Bonchev–Trinajstić information content (AvgIpc) is 2.42. The highest BCUT2D eigenvalue weighted by Gasteiger charge is 2.73. The fourth-order valence-electron chi connectivity index (χ4n) is 2.86. The van der Waals surface area contributed by atoms with Crippen molar-refractivity contribution in [2.75, 3.05) is 0 Å². The number of aliphatic hydroxyl groups excluding tert-OH is 2. The molecule has 0 aliphatic rings. The molecule has 6 atom stereocenters. The summed E-state index contributed by atoms with van der Waals surface area (Å²) in [6.45, 7) is 4.65. The Labute approximate surface area is 139 Å². The Bertz CT molecular complexity index is 537. The van der Waals surface area contributed by atoms with Crippen molar-refractivity contribution in [3.8, 4) is 0 Å². The summed E-state index contributed by atoms with van der Waals surface area (Å²) in [6.07, 6.45) is -4.30. The van der Waals surface area contributed by atoms with Crippen LogP contribution >= 0.6 is 0 Å². The zero-order chi connectivity index (χ0) is 19.9. The molecule has 24 heavy (non-hydrogen) atoms. The maximum absolute atomic E-state index is 12.1. The van der Waals surface area contributed by atoms with E-state index in [9.17, 15) is 45.0 Å². The fraction of sp³-hybridized carbons (Fsp3) is 0.800. The van der Waals surface area contributed by atoms with Gasteiger partial charge < -0.3 is 30.6 Å². The first-order valence-electron chi connectivity index (χ1n) is 7.22. The van der Waals surface area contributed by atoms with Crippen LogP contribution in [-0.2, 0) is 14.4 Å². The van der Waals surface area contributed by atoms with Crippen LogP contribution in [0, 0.1) is 0 Å². The van der Waals surface area contributed by atoms with Crippen LogP contribution in [0.15, 0.2) is 0 Å². The molecule has 9 nitrogen and oxygen atoms in total. The Morgan fingerprint density at radius 3 is 1.42 bits per heavy atom. The lowest BCUT2D eigenvalue weighted by Gasteiger charge is -2.54. The zero-order valence-corrected chi connectivity index (χ0v) is 14.6. The van der Waals surface area contributed by atoms with Gasteiger partial charge in [-0.05, 0) is 41.5 Å². The Morgan fingerprint density at radius 1 is 0.833 bits per heavy atom. The molecule has 9 heteroatoms. The third-order valence-corrected chi connectivity index (χ3v) is 4.81. The van der Waals surface area contributed by atoms with Crippen LogP contribution in [0.4, 0.5) is 0 Å². The summed E-state index contributed by atoms with van der Waals surface area (Å²) < 4.78 is 0. The molecule has 140 valence electrons. The normalized spacial score (nSPS) is 24.5. The summed E-state index contributed by atoms with van der Waals surface area (Å²) in [5, 5.41) is 62.2. The van der Waals surface area contributed by atoms with Gasteiger partial charge in [0.25, 0.3) is 0 Å². The second kappa shape index (κ2) is 6.58. The van der Waals surface area contributed by atoms with Gasteiger partial charge in [0.05, 0.1) is 6.10 Å². The van der Waals surface area contributed by atoms with Gasteiger partial charge in [-0.3, -0.25) is 14.4 Å². The maximum Gasteiger partial charge on any atom is 0.192 e. The predicted octanol–water partition coefficient (Wildman–Crippen LogP) is -2.54. The Morgan fingerprint density at radius 2 is 1.21 bits per heavy atom. The van der Waals surface area contributed by atoms with Crippen molar-refractivity contribution >= 4 is 17.3 Å². The van der Waals surface area contributed by atoms with Crippen molar-refractivity contribution < 1.29 is 45.0 Å². The number of hydrogen-bond acceptors (Lipinski definition) is 9. The van der Waals surface area contributed by atoms with Gasteiger partial charge >= 0.3 is 0 Å². The van der Waals surface area contributed by atoms with Gasteiger partial charge in [0.2, 0.25) is 0 Å². The second-order valence-corrected chi connectivity index (χ2v) is 6.50. The van der Waals surface area contributed by atoms with E-state index >= 15 is 0 Å². The van der Waals surface area contributed by atoms with E-state index < -0.39 is 52.0 Å². The smallest absolute Gasteiger partial charge is 0.192 e. The molecule has 0 aromatic rings. The predicted molar refractivity (Wildman–Crippen MR) is 80.9 cm³/mol. The van der Waals surface area contributed by atoms with Crippen molar-refractivity contribution in [1.82, 2.24) is 0 Å². The molecular weight excluding hydrogens is 324 g/mol. The fourth-order valence-corrected chi connectivity index (χ4v) is 2.86. The number of aliphatic hydroxyl groups is 6. The van der Waals surface area contributed by atoms with Crippen LogP contribution in [0.3, 0.4) is 0 Å². The van der Waals surface area contributed by atoms with Crippen LogP contribution in [0.5, 0.6) is 0 Å². The molecular formula is C15H26O9. The topological polar surface area (TPSA) is 173 Å². The minimum atomic E-state index is -3.44. The molecule has 0 rings (SSSR count). The lowest BCUT2D eigenvalue weighted by atomic mass is 9.59. The van der Waals surface area contributed by atoms with Crippen molar-refractivity contribution in [3.05, 3.63) is 0 Å². The van der Waals surface area contributed by atoms with E-state index in [1.807, 2.05) is 0 Å². The van der Waals surface area contributed by atoms with E-state index in [0.29, 0.717) is 13.8 Å². The lowest BCUT2D eigenvalue weighted by molar-refractivity contribution is -0.295. The van der Waals surface area contributed by atoms with Crippen molar-refractivity contribution in [3.63, 3.8) is 0 Å². The van der Waals surface area contributed by atoms with Gasteiger partial charge in [-0.2, -0.15) is 0 Å². The first kappa shape index (κ1) is 22.8. The highest BCUT2D eigenvalue weighted by Crippen LogP contribution is 2.44. The highest BCUT2D eigenvalue weighted by molar-refractivity contribution is 5.99. The van der Waals surface area contributed by atoms with Gasteiger partial charge in [-0.1, -0.05) is 0 Å². The minimum absolute atomic E-state index is 0.664. The quantitative estimate of drug-likeness (QED) is 0.276. The molecule has 0 aromatic carbocycles. The van der Waals surface area contributed by atoms with Crippen molar-refractivity contribution in [2.24, 2.45) is 0 Å². The van der Waals surface area contributed by atoms with Gasteiger partial charge in [0.1, 0.15) is 17.3 Å². The van der Waals surface area contributed by atoms with Crippen LogP contribution in [-0.4, -0.2) is 82.6 Å². The molecule has 0 spiro atoms. The van der Waals surface area contributed by atoms with Crippen molar-refractivity contribution in [1.29, 1.82) is 0 Å². The van der Waals surface area contributed by atoms with Gasteiger partial charge in [-0.25, -0.2) is 0 Å². The standard InChI is InChI=1S/C15H26O9/c1-7(16)11(20)12(5,21)13(6,22)15(24,10(4)19)14(23,8(2)17)9(3)18/h8,11,17,20-24H,1-6H3. The van der Waals surface area contributed by atoms with E-state index in [1.54, 1.807) is 0 Å². The first-order valence-corrected chi connectivity index (χ1v) is 7.22. The molecule has 0 heterocycles. The molecule has 0 aromatic heterocycles. The number of Topliss-reactive ketones (excluding diaryl/α,β-unsaturated/α-hetero) is 3. The lowest BCUT2D eigenvalue weighted by Crippen LogP contribution is -2.82. The van der Waals surface area contributed by atoms with Crippen LogP contribution in [0.1, 0.15) is 41.5 Å². The van der Waals surface area contributed by atoms with E-state index in [1.165, 1.54) is 0 Å². The molecule has 0 fully saturated rings. The second-order valence-electron chi connectivity index (χ2n) is 6.50. The molecule has 6 N–H and O–H groups in total. The van der Waals surface area contributed by atoms with E-state index in [2.05, 4.69) is 0 Å². The van der Waals surface area contributed by atoms with E-state index in [-0.39, 0.29) is 0 Å². The number of carbonyl (C=O) groups excluding carboxylic acids is 3. The third kappa shape index (κ3) is 2.81. The number of rotatable bonds is 8. The monoisotopic (exact) mass is 350 g/mol. The maximum atomic E-state index is 12.1.